The molecule has 0 spiro atoms. The van der Waals surface area contributed by atoms with E-state index < -0.39 is 0 Å². The number of aromatic nitrogens is 3. The largest absolute Gasteiger partial charge is 0.344 e. The molecule has 0 aliphatic heterocycles. The maximum atomic E-state index is 13.5. The van der Waals surface area contributed by atoms with Gasteiger partial charge in [0.05, 0.1) is 11.6 Å². The van der Waals surface area contributed by atoms with Gasteiger partial charge in [-0.25, -0.2) is 8.91 Å². The Hall–Kier alpha value is -3.49. The number of H-pyrrole nitrogens is 1. The second kappa shape index (κ2) is 10.2. The highest BCUT2D eigenvalue weighted by Gasteiger charge is 2.25. The van der Waals surface area contributed by atoms with Gasteiger partial charge in [0.1, 0.15) is 11.3 Å². The van der Waals surface area contributed by atoms with Crippen molar-refractivity contribution in [2.75, 3.05) is 20.6 Å². The number of nitrogens with zero attached hydrogens (tertiary/aromatic N) is 3. The molecule has 0 aliphatic carbocycles. The molecule has 4 aromatic rings. The number of carbonyl (C=O) groups is 1. The Morgan fingerprint density at radius 2 is 1.89 bits per heavy atom. The number of hydrogen-bond acceptors (Lipinski definition) is 4. The van der Waals surface area contributed by atoms with E-state index in [0.717, 1.165) is 11.1 Å². The molecule has 7 nitrogen and oxygen atoms in total. The Labute approximate surface area is 213 Å². The van der Waals surface area contributed by atoms with Gasteiger partial charge >= 0.3 is 0 Å². The van der Waals surface area contributed by atoms with Crippen LogP contribution in [-0.4, -0.2) is 46.0 Å². The van der Waals surface area contributed by atoms with Crippen molar-refractivity contribution in [1.29, 1.82) is 0 Å². The van der Waals surface area contributed by atoms with Gasteiger partial charge in [-0.2, -0.15) is 0 Å². The predicted molar refractivity (Wildman–Crippen MR) is 140 cm³/mol. The summed E-state index contributed by atoms with van der Waals surface area (Å²) in [5.74, 6) is -0.440. The highest BCUT2D eigenvalue weighted by molar-refractivity contribution is 6.31. The van der Waals surface area contributed by atoms with Crippen LogP contribution in [0.1, 0.15) is 52.9 Å². The summed E-state index contributed by atoms with van der Waals surface area (Å²) in [5.41, 5.74) is 3.32. The molecule has 2 heterocycles. The van der Waals surface area contributed by atoms with E-state index in [9.17, 15) is 14.0 Å². The van der Waals surface area contributed by atoms with E-state index in [-0.39, 0.29) is 29.2 Å². The molecular weight excluding hydrogens is 481 g/mol. The molecule has 0 saturated carbocycles. The number of fused-ring (bicyclic) bond motifs is 1. The quantitative estimate of drug-likeness (QED) is 0.369. The fraction of sp³-hybridized carbons (Fsp3) is 0.296. The first kappa shape index (κ1) is 25.6. The van der Waals surface area contributed by atoms with E-state index in [1.807, 2.05) is 51.9 Å². The lowest BCUT2D eigenvalue weighted by molar-refractivity contribution is 0.0928. The number of hydrogen-bond donors (Lipinski definition) is 2. The minimum Gasteiger partial charge on any atom is -0.344 e. The number of halogens is 2. The molecule has 0 fully saturated rings. The van der Waals surface area contributed by atoms with Crippen molar-refractivity contribution in [3.8, 4) is 11.4 Å². The van der Waals surface area contributed by atoms with Gasteiger partial charge in [-0.05, 0) is 56.3 Å². The molecule has 0 radical (unpaired) electrons. The van der Waals surface area contributed by atoms with E-state index in [1.165, 1.54) is 16.6 Å². The number of nitrogens with one attached hydrogen (secondary N) is 2. The summed E-state index contributed by atoms with van der Waals surface area (Å²) in [6.45, 7) is 6.26. The topological polar surface area (TPSA) is 82.5 Å². The summed E-state index contributed by atoms with van der Waals surface area (Å²) >= 11 is 6.27. The first-order chi connectivity index (χ1) is 17.0. The fourth-order valence-corrected chi connectivity index (χ4v) is 4.46. The average Bonchev–Trinajstić information content (AvgIpc) is 3.21. The van der Waals surface area contributed by atoms with Crippen LogP contribution in [0.25, 0.3) is 16.9 Å². The highest BCUT2D eigenvalue weighted by atomic mass is 35.5. The van der Waals surface area contributed by atoms with Crippen molar-refractivity contribution in [2.45, 2.75) is 32.7 Å². The van der Waals surface area contributed by atoms with Crippen molar-refractivity contribution in [1.82, 2.24) is 24.8 Å². The molecule has 0 bridgehead atoms. The number of rotatable bonds is 7. The Balaban J connectivity index is 1.77. The Morgan fingerprint density at radius 1 is 1.19 bits per heavy atom. The minimum absolute atomic E-state index is 0.114. The number of benzene rings is 2. The van der Waals surface area contributed by atoms with Crippen molar-refractivity contribution in [2.24, 2.45) is 0 Å². The third kappa shape index (κ3) is 5.20. The summed E-state index contributed by atoms with van der Waals surface area (Å²) in [6, 6.07) is 11.1. The van der Waals surface area contributed by atoms with E-state index in [0.29, 0.717) is 39.6 Å². The third-order valence-electron chi connectivity index (χ3n) is 6.07. The summed E-state index contributed by atoms with van der Waals surface area (Å²) in [6.07, 6.45) is 1.59. The van der Waals surface area contributed by atoms with Crippen LogP contribution in [0.15, 0.2) is 53.5 Å². The molecule has 1 atom stereocenters. The zero-order valence-corrected chi connectivity index (χ0v) is 21.7. The highest BCUT2D eigenvalue weighted by Crippen LogP contribution is 2.27. The van der Waals surface area contributed by atoms with Gasteiger partial charge in [0.25, 0.3) is 11.5 Å². The average molecular weight is 510 g/mol. The summed E-state index contributed by atoms with van der Waals surface area (Å²) < 4.78 is 15.0. The smallest absolute Gasteiger partial charge is 0.275 e. The van der Waals surface area contributed by atoms with Crippen LogP contribution in [0, 0.1) is 12.7 Å². The molecule has 1 unspecified atom stereocenters. The summed E-state index contributed by atoms with van der Waals surface area (Å²) in [4.78, 5) is 31.5. The Morgan fingerprint density at radius 3 is 2.50 bits per heavy atom. The molecule has 36 heavy (non-hydrogen) atoms. The van der Waals surface area contributed by atoms with Crippen LogP contribution >= 0.6 is 11.6 Å². The molecule has 9 heteroatoms. The number of aromatic amines is 1. The van der Waals surface area contributed by atoms with Gasteiger partial charge in [0, 0.05) is 28.9 Å². The van der Waals surface area contributed by atoms with E-state index >= 15 is 0 Å². The zero-order valence-electron chi connectivity index (χ0n) is 20.9. The monoisotopic (exact) mass is 509 g/mol. The second-order valence-corrected chi connectivity index (χ2v) is 9.92. The predicted octanol–water partition coefficient (Wildman–Crippen LogP) is 4.95. The zero-order chi connectivity index (χ0) is 26.1. The van der Waals surface area contributed by atoms with Gasteiger partial charge in [0.2, 0.25) is 0 Å². The standard InChI is InChI=1S/C27H29ClFN5O2/c1-15(2)23-20(26(35)30-22(14-33(4)5)17-8-10-19(29)11-9-17)13-34-24(23)27(36)31-25(32-34)18-7-6-16(3)21(28)12-18/h6-13,15,22H,14H2,1-5H3,(H,30,35)(H,31,32,36). The molecule has 4 rings (SSSR count). The summed E-state index contributed by atoms with van der Waals surface area (Å²) in [7, 11) is 3.80. The van der Waals surface area contributed by atoms with Crippen molar-refractivity contribution >= 4 is 23.0 Å². The van der Waals surface area contributed by atoms with Crippen LogP contribution in [0.3, 0.4) is 0 Å². The van der Waals surface area contributed by atoms with Crippen LogP contribution in [0.2, 0.25) is 5.02 Å². The van der Waals surface area contributed by atoms with Crippen molar-refractivity contribution in [3.63, 3.8) is 0 Å². The van der Waals surface area contributed by atoms with Crippen molar-refractivity contribution < 1.29 is 9.18 Å². The first-order valence-electron chi connectivity index (χ1n) is 11.7. The third-order valence-corrected chi connectivity index (χ3v) is 6.48. The van der Waals surface area contributed by atoms with Crippen LogP contribution < -0.4 is 10.9 Å². The SMILES string of the molecule is Cc1ccc(-c2nn3cc(C(=O)NC(CN(C)C)c4ccc(F)cc4)c(C(C)C)c3c(=O)[nH]2)cc1Cl. The van der Waals surface area contributed by atoms with Crippen LogP contribution in [-0.2, 0) is 0 Å². The van der Waals surface area contributed by atoms with Crippen molar-refractivity contribution in [3.05, 3.63) is 92.1 Å². The second-order valence-electron chi connectivity index (χ2n) is 9.51. The maximum Gasteiger partial charge on any atom is 0.275 e. The van der Waals surface area contributed by atoms with Gasteiger partial charge in [-0.3, -0.25) is 9.59 Å². The Bertz CT molecular complexity index is 1470. The molecule has 2 aromatic carbocycles. The van der Waals surface area contributed by atoms with Gasteiger partial charge in [-0.1, -0.05) is 49.7 Å². The van der Waals surface area contributed by atoms with Gasteiger partial charge < -0.3 is 15.2 Å². The molecule has 2 N–H and O–H groups in total. The number of amides is 1. The van der Waals surface area contributed by atoms with E-state index in [1.54, 1.807) is 24.4 Å². The summed E-state index contributed by atoms with van der Waals surface area (Å²) in [5, 5.41) is 8.22. The fourth-order valence-electron chi connectivity index (χ4n) is 4.28. The number of aryl methyl sites for hydroxylation is 1. The van der Waals surface area contributed by atoms with Crippen LogP contribution in [0.5, 0.6) is 0 Å². The maximum absolute atomic E-state index is 13.5. The molecule has 1 amide bonds. The first-order valence-corrected chi connectivity index (χ1v) is 12.1. The molecule has 2 aromatic heterocycles. The molecule has 188 valence electrons. The van der Waals surface area contributed by atoms with E-state index in [4.69, 9.17) is 11.6 Å². The lowest BCUT2D eigenvalue weighted by Crippen LogP contribution is -2.35. The lowest BCUT2D eigenvalue weighted by Gasteiger charge is -2.23. The van der Waals surface area contributed by atoms with Crippen LogP contribution in [0.4, 0.5) is 4.39 Å². The lowest BCUT2D eigenvalue weighted by atomic mass is 9.99. The van der Waals surface area contributed by atoms with Gasteiger partial charge in [-0.15, -0.1) is 5.10 Å². The number of carbonyl (C=O) groups excluding carboxylic acids is 1. The van der Waals surface area contributed by atoms with Gasteiger partial charge in [0.15, 0.2) is 5.82 Å². The Kier molecular flexibility index (Phi) is 7.28. The van der Waals surface area contributed by atoms with E-state index in [2.05, 4.69) is 15.4 Å². The molecule has 0 aliphatic rings. The molecule has 0 saturated heterocycles. The molecular formula is C27H29ClFN5O2. The minimum atomic E-state index is -0.382. The normalized spacial score (nSPS) is 12.5. The number of likely N-dealkylation sites (N-methyl/N-ethyl adjacent to an activating group) is 1.